The lowest BCUT2D eigenvalue weighted by Crippen LogP contribution is -1.97. The van der Waals surface area contributed by atoms with Crippen molar-refractivity contribution in [2.24, 2.45) is 0 Å². The van der Waals surface area contributed by atoms with Crippen LogP contribution in [0.3, 0.4) is 0 Å². The highest BCUT2D eigenvalue weighted by molar-refractivity contribution is 6.09. The molecule has 0 amide bonds. The van der Waals surface area contributed by atoms with Crippen LogP contribution in [0.1, 0.15) is 0 Å². The van der Waals surface area contributed by atoms with Gasteiger partial charge >= 0.3 is 0 Å². The highest BCUT2D eigenvalue weighted by atomic mass is 15.0. The molecule has 0 radical (unpaired) electrons. The Bertz CT molecular complexity index is 2150. The van der Waals surface area contributed by atoms with Gasteiger partial charge in [-0.25, -0.2) is 9.97 Å². The molecular weight excluding hydrogens is 524 g/mol. The standard InChI is InChI=1S/C39H26N4/c1-2-10-27(11-3-1)35-26-36(42-39(41-35)30-19-17-28(18-20-30)34-14-8-9-25-40-34)29-21-23-31(24-22-29)43-37-15-6-4-12-32(37)33-13-5-7-16-38(33)43/h1-26H. The molecule has 0 saturated heterocycles. The summed E-state index contributed by atoms with van der Waals surface area (Å²) in [5, 5.41) is 2.51. The molecule has 202 valence electrons. The predicted molar refractivity (Wildman–Crippen MR) is 176 cm³/mol. The van der Waals surface area contributed by atoms with Crippen LogP contribution < -0.4 is 0 Å². The zero-order chi connectivity index (χ0) is 28.6. The van der Waals surface area contributed by atoms with Crippen molar-refractivity contribution in [2.45, 2.75) is 0 Å². The summed E-state index contributed by atoms with van der Waals surface area (Å²) in [4.78, 5) is 14.5. The SMILES string of the molecule is c1ccc(-c2cc(-c3ccc(-n4c5ccccc5c5ccccc54)cc3)nc(-c3ccc(-c4ccccn4)cc3)n2)cc1. The minimum Gasteiger partial charge on any atom is -0.309 e. The van der Waals surface area contributed by atoms with Crippen molar-refractivity contribution < 1.29 is 0 Å². The summed E-state index contributed by atoms with van der Waals surface area (Å²) < 4.78 is 2.33. The third kappa shape index (κ3) is 4.55. The second-order valence-electron chi connectivity index (χ2n) is 10.5. The second kappa shape index (κ2) is 10.5. The molecule has 0 aliphatic rings. The molecule has 4 heteroatoms. The maximum absolute atomic E-state index is 5.06. The molecule has 3 aromatic heterocycles. The van der Waals surface area contributed by atoms with Gasteiger partial charge in [-0.15, -0.1) is 0 Å². The van der Waals surface area contributed by atoms with Crippen LogP contribution in [0.2, 0.25) is 0 Å². The van der Waals surface area contributed by atoms with Crippen LogP contribution in [0.25, 0.3) is 72.7 Å². The Morgan fingerprint density at radius 2 is 0.907 bits per heavy atom. The van der Waals surface area contributed by atoms with Gasteiger partial charge < -0.3 is 4.57 Å². The van der Waals surface area contributed by atoms with Crippen molar-refractivity contribution in [3.8, 4) is 50.8 Å². The minimum atomic E-state index is 0.690. The summed E-state index contributed by atoms with van der Waals surface area (Å²) in [6.45, 7) is 0. The summed E-state index contributed by atoms with van der Waals surface area (Å²) in [5.41, 5.74) is 10.3. The average molecular weight is 551 g/mol. The van der Waals surface area contributed by atoms with Crippen molar-refractivity contribution in [3.63, 3.8) is 0 Å². The van der Waals surface area contributed by atoms with Crippen LogP contribution in [-0.4, -0.2) is 19.5 Å². The number of rotatable bonds is 5. The number of pyridine rings is 1. The number of nitrogens with zero attached hydrogens (tertiary/aromatic N) is 4. The van der Waals surface area contributed by atoms with Gasteiger partial charge in [-0.2, -0.15) is 0 Å². The van der Waals surface area contributed by atoms with Gasteiger partial charge in [0, 0.05) is 44.9 Å². The second-order valence-corrected chi connectivity index (χ2v) is 10.5. The number of fused-ring (bicyclic) bond motifs is 3. The van der Waals surface area contributed by atoms with E-state index in [1.807, 2.05) is 42.6 Å². The number of para-hydroxylation sites is 2. The average Bonchev–Trinajstić information content (AvgIpc) is 3.43. The molecule has 8 rings (SSSR count). The Kier molecular flexibility index (Phi) is 6.08. The molecule has 0 atom stereocenters. The van der Waals surface area contributed by atoms with Gasteiger partial charge in [0.2, 0.25) is 0 Å². The van der Waals surface area contributed by atoms with E-state index in [0.717, 1.165) is 45.0 Å². The summed E-state index contributed by atoms with van der Waals surface area (Å²) in [6, 6.07) is 52.5. The van der Waals surface area contributed by atoms with E-state index in [9.17, 15) is 0 Å². The first-order valence-electron chi connectivity index (χ1n) is 14.4. The molecule has 0 saturated carbocycles. The maximum Gasteiger partial charge on any atom is 0.160 e. The lowest BCUT2D eigenvalue weighted by Gasteiger charge is -2.11. The van der Waals surface area contributed by atoms with Crippen LogP contribution >= 0.6 is 0 Å². The lowest BCUT2D eigenvalue weighted by molar-refractivity contribution is 1.17. The Morgan fingerprint density at radius 3 is 1.53 bits per heavy atom. The number of benzene rings is 5. The Hall–Kier alpha value is -5.87. The summed E-state index contributed by atoms with van der Waals surface area (Å²) in [6.07, 6.45) is 1.81. The molecule has 0 aliphatic carbocycles. The minimum absolute atomic E-state index is 0.690. The summed E-state index contributed by atoms with van der Waals surface area (Å²) in [7, 11) is 0. The highest BCUT2D eigenvalue weighted by Gasteiger charge is 2.14. The Balaban J connectivity index is 1.22. The predicted octanol–water partition coefficient (Wildman–Crippen LogP) is 9.64. The third-order valence-electron chi connectivity index (χ3n) is 7.90. The van der Waals surface area contributed by atoms with Crippen LogP contribution in [0, 0.1) is 0 Å². The quantitative estimate of drug-likeness (QED) is 0.214. The third-order valence-corrected chi connectivity index (χ3v) is 7.90. The molecular formula is C39H26N4. The molecule has 5 aromatic carbocycles. The summed E-state index contributed by atoms with van der Waals surface area (Å²) in [5.74, 6) is 0.690. The van der Waals surface area contributed by atoms with E-state index < -0.39 is 0 Å². The van der Waals surface area contributed by atoms with E-state index in [1.165, 1.54) is 21.8 Å². The molecule has 43 heavy (non-hydrogen) atoms. The zero-order valence-electron chi connectivity index (χ0n) is 23.3. The van der Waals surface area contributed by atoms with Crippen molar-refractivity contribution in [1.29, 1.82) is 0 Å². The van der Waals surface area contributed by atoms with E-state index >= 15 is 0 Å². The fourth-order valence-electron chi connectivity index (χ4n) is 5.79. The fraction of sp³-hybridized carbons (Fsp3) is 0. The number of aromatic nitrogens is 4. The molecule has 0 spiro atoms. The number of hydrogen-bond donors (Lipinski definition) is 0. The van der Waals surface area contributed by atoms with E-state index in [4.69, 9.17) is 9.97 Å². The largest absolute Gasteiger partial charge is 0.309 e. The van der Waals surface area contributed by atoms with E-state index in [1.54, 1.807) is 0 Å². The van der Waals surface area contributed by atoms with Crippen LogP contribution in [0.5, 0.6) is 0 Å². The van der Waals surface area contributed by atoms with Gasteiger partial charge in [-0.1, -0.05) is 109 Å². The molecule has 0 bridgehead atoms. The van der Waals surface area contributed by atoms with Crippen molar-refractivity contribution >= 4 is 21.8 Å². The zero-order valence-corrected chi connectivity index (χ0v) is 23.3. The molecule has 0 aliphatic heterocycles. The molecule has 0 fully saturated rings. The van der Waals surface area contributed by atoms with E-state index in [0.29, 0.717) is 5.82 Å². The monoisotopic (exact) mass is 550 g/mol. The number of hydrogen-bond acceptors (Lipinski definition) is 3. The van der Waals surface area contributed by atoms with Crippen molar-refractivity contribution in [1.82, 2.24) is 19.5 Å². The topological polar surface area (TPSA) is 43.6 Å². The summed E-state index contributed by atoms with van der Waals surface area (Å²) >= 11 is 0. The molecule has 3 heterocycles. The normalized spacial score (nSPS) is 11.3. The maximum atomic E-state index is 5.06. The van der Waals surface area contributed by atoms with E-state index in [-0.39, 0.29) is 0 Å². The lowest BCUT2D eigenvalue weighted by atomic mass is 10.0. The first-order chi connectivity index (χ1) is 21.3. The molecule has 0 N–H and O–H groups in total. The highest BCUT2D eigenvalue weighted by Crippen LogP contribution is 2.33. The molecule has 0 unspecified atom stereocenters. The van der Waals surface area contributed by atoms with Gasteiger partial charge in [0.05, 0.1) is 28.1 Å². The van der Waals surface area contributed by atoms with Gasteiger partial charge in [-0.3, -0.25) is 4.98 Å². The fourth-order valence-corrected chi connectivity index (χ4v) is 5.79. The van der Waals surface area contributed by atoms with Crippen molar-refractivity contribution in [3.05, 3.63) is 158 Å². The van der Waals surface area contributed by atoms with Crippen LogP contribution in [-0.2, 0) is 0 Å². The Labute approximate surface area is 249 Å². The van der Waals surface area contributed by atoms with E-state index in [2.05, 4.69) is 125 Å². The molecule has 8 aromatic rings. The van der Waals surface area contributed by atoms with Crippen molar-refractivity contribution in [2.75, 3.05) is 0 Å². The smallest absolute Gasteiger partial charge is 0.160 e. The van der Waals surface area contributed by atoms with Crippen LogP contribution in [0.15, 0.2) is 158 Å². The first-order valence-corrected chi connectivity index (χ1v) is 14.4. The molecule has 4 nitrogen and oxygen atoms in total. The van der Waals surface area contributed by atoms with Gasteiger partial charge in [0.25, 0.3) is 0 Å². The van der Waals surface area contributed by atoms with Crippen LogP contribution in [0.4, 0.5) is 0 Å². The van der Waals surface area contributed by atoms with Gasteiger partial charge in [0.1, 0.15) is 0 Å². The Morgan fingerprint density at radius 1 is 0.395 bits per heavy atom. The first kappa shape index (κ1) is 24.9. The van der Waals surface area contributed by atoms with Gasteiger partial charge in [-0.05, 0) is 42.5 Å². The van der Waals surface area contributed by atoms with Gasteiger partial charge in [0.15, 0.2) is 5.82 Å².